The van der Waals surface area contributed by atoms with E-state index in [1.165, 1.54) is 54.6 Å². The highest BCUT2D eigenvalue weighted by Crippen LogP contribution is 2.31. The number of hydrogen-bond donors (Lipinski definition) is 2. The Morgan fingerprint density at radius 2 is 1.66 bits per heavy atom. The molecular weight excluding hydrogens is 456 g/mol. The van der Waals surface area contributed by atoms with Crippen LogP contribution in [0.2, 0.25) is 0 Å². The topological polar surface area (TPSA) is 152 Å². The zero-order valence-corrected chi connectivity index (χ0v) is 18.1. The lowest BCUT2D eigenvalue weighted by Gasteiger charge is -2.11. The minimum Gasteiger partial charge on any atom is -0.280 e. The number of hydrogen-bond acceptors (Lipinski definition) is 7. The zero-order valence-electron chi connectivity index (χ0n) is 16.5. The molecule has 0 aliphatic heterocycles. The summed E-state index contributed by atoms with van der Waals surface area (Å²) < 4.78 is 52.3. The van der Waals surface area contributed by atoms with Crippen LogP contribution in [0.3, 0.4) is 0 Å². The zero-order chi connectivity index (χ0) is 23.1. The number of aromatic amines is 1. The van der Waals surface area contributed by atoms with Crippen molar-refractivity contribution in [1.29, 1.82) is 0 Å². The van der Waals surface area contributed by atoms with Crippen LogP contribution < -0.4 is 4.72 Å². The Balaban J connectivity index is 1.77. The van der Waals surface area contributed by atoms with Gasteiger partial charge in [-0.3, -0.25) is 19.9 Å². The Morgan fingerprint density at radius 3 is 2.34 bits per heavy atom. The van der Waals surface area contributed by atoms with Crippen molar-refractivity contribution in [2.24, 2.45) is 0 Å². The average Bonchev–Trinajstić information content (AvgIpc) is 3.16. The lowest BCUT2D eigenvalue weighted by Crippen LogP contribution is -2.16. The van der Waals surface area contributed by atoms with Gasteiger partial charge >= 0.3 is 0 Å². The number of non-ortho nitro benzene ring substituents is 1. The van der Waals surface area contributed by atoms with Crippen molar-refractivity contribution in [3.63, 3.8) is 0 Å². The number of fused-ring (bicyclic) bond motifs is 1. The molecule has 0 saturated heterocycles. The maximum atomic E-state index is 12.9. The lowest BCUT2D eigenvalue weighted by atomic mass is 10.1. The van der Waals surface area contributed by atoms with Gasteiger partial charge < -0.3 is 0 Å². The maximum Gasteiger partial charge on any atom is 0.270 e. The summed E-state index contributed by atoms with van der Waals surface area (Å²) in [5, 5.41) is 18.6. The molecule has 0 spiro atoms. The summed E-state index contributed by atoms with van der Waals surface area (Å²) in [4.78, 5) is 9.89. The molecule has 0 atom stereocenters. The predicted molar refractivity (Wildman–Crippen MR) is 119 cm³/mol. The fourth-order valence-corrected chi connectivity index (χ4v) is 5.93. The summed E-state index contributed by atoms with van der Waals surface area (Å²) in [6.07, 6.45) is 0.935. The van der Waals surface area contributed by atoms with E-state index in [0.29, 0.717) is 22.2 Å². The number of anilines is 1. The van der Waals surface area contributed by atoms with Crippen molar-refractivity contribution in [3.05, 3.63) is 76.8 Å². The SMILES string of the molecule is CS(=O)(=O)c1ccccc1S(=O)(=O)Nc1ccc2[nH]nc(-c3cccc([N+](=O)[O-])c3)c2c1. The molecule has 0 saturated carbocycles. The van der Waals surface area contributed by atoms with Crippen molar-refractivity contribution >= 4 is 42.1 Å². The van der Waals surface area contributed by atoms with E-state index >= 15 is 0 Å². The minimum atomic E-state index is -4.22. The van der Waals surface area contributed by atoms with Gasteiger partial charge in [-0.05, 0) is 30.3 Å². The molecule has 0 aliphatic rings. The Morgan fingerprint density at radius 1 is 0.938 bits per heavy atom. The van der Waals surface area contributed by atoms with Crippen molar-refractivity contribution in [2.75, 3.05) is 11.0 Å². The number of nitrogens with zero attached hydrogens (tertiary/aromatic N) is 2. The monoisotopic (exact) mass is 472 g/mol. The van der Waals surface area contributed by atoms with Gasteiger partial charge in [0.2, 0.25) is 0 Å². The lowest BCUT2D eigenvalue weighted by molar-refractivity contribution is -0.384. The third-order valence-corrected chi connectivity index (χ3v) is 7.41. The molecule has 12 heteroatoms. The van der Waals surface area contributed by atoms with Crippen LogP contribution in [0.4, 0.5) is 11.4 Å². The van der Waals surface area contributed by atoms with Crippen LogP contribution in [0.15, 0.2) is 76.5 Å². The molecule has 3 aromatic carbocycles. The number of sulfonamides is 1. The average molecular weight is 473 g/mol. The largest absolute Gasteiger partial charge is 0.280 e. The standard InChI is InChI=1S/C20H16N4O6S2/c1-31(27,28)18-7-2-3-8-19(18)32(29,30)23-14-9-10-17-16(12-14)20(22-21-17)13-5-4-6-15(11-13)24(25)26/h2-12,23H,1H3,(H,21,22). The second-order valence-corrected chi connectivity index (χ2v) is 10.6. The first-order valence-electron chi connectivity index (χ1n) is 9.11. The molecule has 32 heavy (non-hydrogen) atoms. The number of H-pyrrole nitrogens is 1. The number of aromatic nitrogens is 2. The van der Waals surface area contributed by atoms with Crippen LogP contribution in [0, 0.1) is 10.1 Å². The van der Waals surface area contributed by atoms with Crippen molar-refractivity contribution < 1.29 is 21.8 Å². The Bertz CT molecular complexity index is 1580. The Kier molecular flexibility index (Phi) is 5.18. The van der Waals surface area contributed by atoms with Crippen LogP contribution in [0.5, 0.6) is 0 Å². The van der Waals surface area contributed by atoms with Crippen molar-refractivity contribution in [3.8, 4) is 11.3 Å². The molecule has 0 bridgehead atoms. The van der Waals surface area contributed by atoms with Gasteiger partial charge in [-0.15, -0.1) is 0 Å². The van der Waals surface area contributed by atoms with E-state index in [4.69, 9.17) is 0 Å². The summed E-state index contributed by atoms with van der Waals surface area (Å²) in [6.45, 7) is 0. The van der Waals surface area contributed by atoms with Crippen LogP contribution in [-0.2, 0) is 19.9 Å². The molecule has 164 valence electrons. The normalized spacial score (nSPS) is 12.0. The number of nitrogens with one attached hydrogen (secondary N) is 2. The van der Waals surface area contributed by atoms with E-state index in [0.717, 1.165) is 6.26 Å². The highest BCUT2D eigenvalue weighted by atomic mass is 32.2. The highest BCUT2D eigenvalue weighted by Gasteiger charge is 2.24. The molecular formula is C20H16N4O6S2. The minimum absolute atomic E-state index is 0.104. The van der Waals surface area contributed by atoms with E-state index in [1.54, 1.807) is 12.1 Å². The smallest absolute Gasteiger partial charge is 0.270 e. The van der Waals surface area contributed by atoms with Gasteiger partial charge in [0.1, 0.15) is 10.6 Å². The fourth-order valence-electron chi connectivity index (χ4n) is 3.25. The van der Waals surface area contributed by atoms with Crippen LogP contribution in [-0.4, -0.2) is 38.2 Å². The van der Waals surface area contributed by atoms with E-state index < -0.39 is 24.8 Å². The first kappa shape index (κ1) is 21.5. The van der Waals surface area contributed by atoms with Gasteiger partial charge in [0.15, 0.2) is 9.84 Å². The first-order chi connectivity index (χ1) is 15.1. The molecule has 0 fully saturated rings. The molecule has 10 nitrogen and oxygen atoms in total. The third-order valence-electron chi connectivity index (χ3n) is 4.68. The number of benzene rings is 3. The number of rotatable bonds is 6. The van der Waals surface area contributed by atoms with Gasteiger partial charge in [-0.25, -0.2) is 16.8 Å². The summed E-state index contributed by atoms with van der Waals surface area (Å²) in [5.74, 6) is 0. The molecule has 1 aromatic heterocycles. The van der Waals surface area contributed by atoms with Crippen LogP contribution in [0.25, 0.3) is 22.2 Å². The van der Waals surface area contributed by atoms with Gasteiger partial charge in [0, 0.05) is 35.0 Å². The van der Waals surface area contributed by atoms with E-state index in [9.17, 15) is 26.9 Å². The number of nitro groups is 1. The first-order valence-corrected chi connectivity index (χ1v) is 12.5. The van der Waals surface area contributed by atoms with E-state index in [-0.39, 0.29) is 21.2 Å². The fraction of sp³-hybridized carbons (Fsp3) is 0.0500. The predicted octanol–water partition coefficient (Wildman–Crippen LogP) is 3.34. The molecule has 1 heterocycles. The molecule has 0 aliphatic carbocycles. The van der Waals surface area contributed by atoms with Gasteiger partial charge in [-0.1, -0.05) is 24.3 Å². The second-order valence-electron chi connectivity index (χ2n) is 6.96. The molecule has 2 N–H and O–H groups in total. The van der Waals surface area contributed by atoms with Gasteiger partial charge in [0.25, 0.3) is 15.7 Å². The number of nitro benzene ring substituents is 1. The van der Waals surface area contributed by atoms with Crippen LogP contribution in [0.1, 0.15) is 0 Å². The quantitative estimate of drug-likeness (QED) is 0.322. The second kappa shape index (κ2) is 7.73. The van der Waals surface area contributed by atoms with E-state index in [2.05, 4.69) is 14.9 Å². The third kappa shape index (κ3) is 4.05. The molecule has 0 unspecified atom stereocenters. The molecule has 0 radical (unpaired) electrons. The summed E-state index contributed by atoms with van der Waals surface area (Å²) >= 11 is 0. The summed E-state index contributed by atoms with van der Waals surface area (Å²) in [7, 11) is -8.00. The summed E-state index contributed by atoms with van der Waals surface area (Å²) in [5.41, 5.74) is 1.54. The maximum absolute atomic E-state index is 12.9. The van der Waals surface area contributed by atoms with E-state index in [1.807, 2.05) is 0 Å². The highest BCUT2D eigenvalue weighted by molar-refractivity contribution is 7.95. The van der Waals surface area contributed by atoms with Gasteiger partial charge in [-0.2, -0.15) is 5.10 Å². The molecule has 0 amide bonds. The Labute approximate surface area is 183 Å². The van der Waals surface area contributed by atoms with Crippen molar-refractivity contribution in [2.45, 2.75) is 9.79 Å². The molecule has 4 rings (SSSR count). The Hall–Kier alpha value is -3.77. The summed E-state index contributed by atoms with van der Waals surface area (Å²) in [6, 6.07) is 15.8. The van der Waals surface area contributed by atoms with Crippen molar-refractivity contribution in [1.82, 2.24) is 10.2 Å². The molecule has 4 aromatic rings. The van der Waals surface area contributed by atoms with Gasteiger partial charge in [0.05, 0.1) is 15.3 Å². The van der Waals surface area contributed by atoms with Crippen LogP contribution >= 0.6 is 0 Å². The number of sulfone groups is 1.